The predicted molar refractivity (Wildman–Crippen MR) is 104 cm³/mol. The first-order chi connectivity index (χ1) is 13.4. The van der Waals surface area contributed by atoms with Crippen molar-refractivity contribution < 1.29 is 9.18 Å². The second-order valence-corrected chi connectivity index (χ2v) is 7.50. The number of nitrogens with one attached hydrogen (secondary N) is 1. The number of rotatable bonds is 3. The summed E-state index contributed by atoms with van der Waals surface area (Å²) in [4.78, 5) is 17.2. The summed E-state index contributed by atoms with van der Waals surface area (Å²) in [6.07, 6.45) is 3.30. The molecule has 1 unspecified atom stereocenters. The molecule has 0 fully saturated rings. The fourth-order valence-electron chi connectivity index (χ4n) is 3.71. The van der Waals surface area contributed by atoms with E-state index < -0.39 is 17.3 Å². The zero-order valence-corrected chi connectivity index (χ0v) is 16.1. The van der Waals surface area contributed by atoms with Gasteiger partial charge in [-0.3, -0.25) is 10.1 Å². The number of halogens is 3. The quantitative estimate of drug-likeness (QED) is 0.631. The summed E-state index contributed by atoms with van der Waals surface area (Å²) in [5.74, 6) is -1.12. The minimum absolute atomic E-state index is 0.131. The molecule has 0 saturated heterocycles. The molecule has 3 aromatic rings. The van der Waals surface area contributed by atoms with Crippen molar-refractivity contribution in [1.29, 1.82) is 5.26 Å². The topological polar surface area (TPSA) is 70.7 Å². The molecule has 5 nitrogen and oxygen atoms in total. The van der Waals surface area contributed by atoms with E-state index in [1.807, 2.05) is 0 Å². The average Bonchev–Trinajstić information content (AvgIpc) is 3.23. The lowest BCUT2D eigenvalue weighted by Crippen LogP contribution is -2.42. The molecule has 1 amide bonds. The molecule has 1 aromatic heterocycles. The van der Waals surface area contributed by atoms with Gasteiger partial charge in [0.1, 0.15) is 5.54 Å². The van der Waals surface area contributed by atoms with Gasteiger partial charge in [0, 0.05) is 18.3 Å². The number of imidazole rings is 1. The number of carbonyl (C=O) groups excluding carboxylic acids is 1. The number of hydrogen-bond acceptors (Lipinski definition) is 3. The third-order valence-corrected chi connectivity index (χ3v) is 5.65. The molecule has 2 heterocycles. The highest BCUT2D eigenvalue weighted by Gasteiger charge is 2.50. The van der Waals surface area contributed by atoms with Crippen LogP contribution >= 0.6 is 23.2 Å². The van der Waals surface area contributed by atoms with Gasteiger partial charge in [0.05, 0.1) is 21.7 Å². The van der Waals surface area contributed by atoms with E-state index in [0.717, 1.165) is 5.56 Å². The fourth-order valence-corrected chi connectivity index (χ4v) is 4.22. The van der Waals surface area contributed by atoms with Crippen molar-refractivity contribution in [2.75, 3.05) is 5.32 Å². The van der Waals surface area contributed by atoms with Gasteiger partial charge in [-0.05, 0) is 42.3 Å². The third kappa shape index (κ3) is 2.67. The van der Waals surface area contributed by atoms with Crippen LogP contribution in [-0.2, 0) is 10.3 Å². The smallest absolute Gasteiger partial charge is 0.253 e. The highest BCUT2D eigenvalue weighted by Crippen LogP contribution is 2.46. The summed E-state index contributed by atoms with van der Waals surface area (Å²) in [7, 11) is 0. The monoisotopic (exact) mass is 414 g/mol. The second kappa shape index (κ2) is 6.62. The summed E-state index contributed by atoms with van der Waals surface area (Å²) in [5, 5.41) is 11.6. The number of nitriles is 1. The molecule has 0 spiro atoms. The van der Waals surface area contributed by atoms with E-state index in [9.17, 15) is 9.18 Å². The van der Waals surface area contributed by atoms with Gasteiger partial charge in [0.2, 0.25) is 5.95 Å². The maximum atomic E-state index is 14.0. The molecule has 2 aromatic carbocycles. The van der Waals surface area contributed by atoms with Gasteiger partial charge in [-0.1, -0.05) is 35.3 Å². The number of nitrogens with zero attached hydrogens (tertiary/aromatic N) is 3. The Morgan fingerprint density at radius 1 is 1.21 bits per heavy atom. The first-order valence-electron chi connectivity index (χ1n) is 8.36. The van der Waals surface area contributed by atoms with Crippen molar-refractivity contribution in [1.82, 2.24) is 9.55 Å². The van der Waals surface area contributed by atoms with Crippen LogP contribution in [0.25, 0.3) is 0 Å². The Balaban J connectivity index is 1.97. The average molecular weight is 415 g/mol. The summed E-state index contributed by atoms with van der Waals surface area (Å²) in [6.45, 7) is 1.77. The number of fused-ring (bicyclic) bond motifs is 1. The number of carbonyl (C=O) groups is 1. The minimum atomic E-state index is -1.11. The van der Waals surface area contributed by atoms with Crippen molar-refractivity contribution >= 4 is 35.1 Å². The highest BCUT2D eigenvalue weighted by molar-refractivity contribution is 6.35. The van der Waals surface area contributed by atoms with Crippen LogP contribution in [0.3, 0.4) is 0 Å². The van der Waals surface area contributed by atoms with Gasteiger partial charge in [-0.15, -0.1) is 0 Å². The summed E-state index contributed by atoms with van der Waals surface area (Å²) in [6, 6.07) is 11.9. The molecule has 1 N–H and O–H groups in total. The van der Waals surface area contributed by atoms with Gasteiger partial charge in [0.15, 0.2) is 5.82 Å². The Hall–Kier alpha value is -2.88. The van der Waals surface area contributed by atoms with E-state index in [0.29, 0.717) is 17.1 Å². The largest absolute Gasteiger partial charge is 0.301 e. The Morgan fingerprint density at radius 2 is 1.86 bits per heavy atom. The van der Waals surface area contributed by atoms with E-state index >= 15 is 0 Å². The van der Waals surface area contributed by atoms with Crippen LogP contribution in [0.5, 0.6) is 0 Å². The lowest BCUT2D eigenvalue weighted by molar-refractivity contribution is -0.122. The first-order valence-corrected chi connectivity index (χ1v) is 9.11. The zero-order chi connectivity index (χ0) is 20.1. The van der Waals surface area contributed by atoms with Crippen LogP contribution in [0.2, 0.25) is 10.0 Å². The van der Waals surface area contributed by atoms with E-state index in [4.69, 9.17) is 28.5 Å². The lowest BCUT2D eigenvalue weighted by Gasteiger charge is -2.34. The molecular weight excluding hydrogens is 402 g/mol. The van der Waals surface area contributed by atoms with Crippen molar-refractivity contribution in [2.45, 2.75) is 18.4 Å². The normalized spacial score (nSPS) is 19.0. The highest BCUT2D eigenvalue weighted by atomic mass is 35.5. The molecule has 28 heavy (non-hydrogen) atoms. The SMILES string of the molecule is C[C@@]1(C(c2ccc(C#N)cc2)c2cc(Cl)c(F)c(Cl)c2)C(=O)Nc2nccn21. The molecule has 2 atom stereocenters. The van der Waals surface area contributed by atoms with Crippen LogP contribution in [0.15, 0.2) is 48.8 Å². The fraction of sp³-hybridized carbons (Fsp3) is 0.150. The number of anilines is 1. The van der Waals surface area contributed by atoms with E-state index in [1.54, 1.807) is 48.1 Å². The first kappa shape index (κ1) is 18.5. The third-order valence-electron chi connectivity index (χ3n) is 5.10. The standard InChI is InChI=1S/C20H13Cl2FN4O/c1-20(18(28)26-19-25-6-7-27(19)20)16(12-4-2-11(10-24)3-5-12)13-8-14(21)17(23)15(22)9-13/h2-9,16H,1H3,(H,25,26,28)/t16?,20-/m1/s1. The predicted octanol–water partition coefficient (Wildman–Crippen LogP) is 4.70. The summed E-state index contributed by atoms with van der Waals surface area (Å²) < 4.78 is 15.8. The van der Waals surface area contributed by atoms with Crippen molar-refractivity contribution in [3.05, 3.63) is 81.3 Å². The van der Waals surface area contributed by atoms with Crippen LogP contribution < -0.4 is 5.32 Å². The summed E-state index contributed by atoms with van der Waals surface area (Å²) in [5.41, 5.74) is 0.698. The molecule has 1 aliphatic heterocycles. The lowest BCUT2D eigenvalue weighted by atomic mass is 9.75. The number of aromatic nitrogens is 2. The number of amides is 1. The molecule has 0 bridgehead atoms. The molecule has 0 aliphatic carbocycles. The van der Waals surface area contributed by atoms with Gasteiger partial charge in [0.25, 0.3) is 5.91 Å². The van der Waals surface area contributed by atoms with E-state index in [2.05, 4.69) is 16.4 Å². The van der Waals surface area contributed by atoms with Crippen molar-refractivity contribution in [3.8, 4) is 6.07 Å². The van der Waals surface area contributed by atoms with Gasteiger partial charge in [-0.2, -0.15) is 5.26 Å². The maximum Gasteiger partial charge on any atom is 0.253 e. The van der Waals surface area contributed by atoms with Crippen LogP contribution in [0.1, 0.15) is 29.5 Å². The zero-order valence-electron chi connectivity index (χ0n) is 14.6. The Kier molecular flexibility index (Phi) is 4.37. The van der Waals surface area contributed by atoms with Gasteiger partial charge < -0.3 is 4.57 Å². The molecule has 4 rings (SSSR count). The minimum Gasteiger partial charge on any atom is -0.301 e. The Morgan fingerprint density at radius 3 is 2.46 bits per heavy atom. The second-order valence-electron chi connectivity index (χ2n) is 6.69. The maximum absolute atomic E-state index is 14.0. The van der Waals surface area contributed by atoms with Crippen LogP contribution in [-0.4, -0.2) is 15.5 Å². The molecule has 0 radical (unpaired) electrons. The Labute approximate surface area is 170 Å². The van der Waals surface area contributed by atoms with Gasteiger partial charge in [-0.25, -0.2) is 9.37 Å². The van der Waals surface area contributed by atoms with E-state index in [-0.39, 0.29) is 16.0 Å². The van der Waals surface area contributed by atoms with Crippen molar-refractivity contribution in [3.63, 3.8) is 0 Å². The molecule has 8 heteroatoms. The molecule has 0 saturated carbocycles. The van der Waals surface area contributed by atoms with Gasteiger partial charge >= 0.3 is 0 Å². The molecular formula is C20H13Cl2FN4O. The molecule has 140 valence electrons. The number of hydrogen-bond donors (Lipinski definition) is 1. The summed E-state index contributed by atoms with van der Waals surface area (Å²) >= 11 is 12.1. The molecule has 1 aliphatic rings. The Bertz CT molecular complexity index is 1110. The number of benzene rings is 2. The van der Waals surface area contributed by atoms with Crippen molar-refractivity contribution in [2.24, 2.45) is 0 Å². The van der Waals surface area contributed by atoms with E-state index in [1.165, 1.54) is 12.1 Å². The van der Waals surface area contributed by atoms with Crippen LogP contribution in [0, 0.1) is 17.1 Å². The van der Waals surface area contributed by atoms with Crippen LogP contribution in [0.4, 0.5) is 10.3 Å².